The van der Waals surface area contributed by atoms with Gasteiger partial charge in [-0.1, -0.05) is 104 Å². The average molecular weight is 561 g/mol. The van der Waals surface area contributed by atoms with Gasteiger partial charge in [0.25, 0.3) is 0 Å². The molecule has 0 saturated heterocycles. The number of aryl methyl sites for hydroxylation is 2. The molecule has 2 aromatic rings. The van der Waals surface area contributed by atoms with Gasteiger partial charge in [-0.05, 0) is 38.5 Å². The number of rotatable bonds is 29. The summed E-state index contributed by atoms with van der Waals surface area (Å²) >= 11 is 0. The lowest BCUT2D eigenvalue weighted by molar-refractivity contribution is -0.733. The van der Waals surface area contributed by atoms with Gasteiger partial charge in [-0.25, -0.2) is 18.3 Å². The van der Waals surface area contributed by atoms with Crippen molar-refractivity contribution >= 4 is 0 Å². The van der Waals surface area contributed by atoms with Crippen LogP contribution in [0.3, 0.4) is 0 Å². The van der Waals surface area contributed by atoms with Gasteiger partial charge in [0.05, 0.1) is 26.3 Å². The van der Waals surface area contributed by atoms with Crippen LogP contribution in [0.25, 0.3) is 0 Å². The molecule has 6 heteroatoms. The molecule has 0 fully saturated rings. The Morgan fingerprint density at radius 2 is 0.800 bits per heavy atom. The molecule has 2 heterocycles. The number of hydrogen-bond donors (Lipinski definition) is 0. The summed E-state index contributed by atoms with van der Waals surface area (Å²) in [6.45, 7) is 9.62. The van der Waals surface area contributed by atoms with Crippen LogP contribution in [0.1, 0.15) is 142 Å². The second kappa shape index (κ2) is 25.1. The average Bonchev–Trinajstić information content (AvgIpc) is 3.62. The second-order valence-electron chi connectivity index (χ2n) is 11.8. The summed E-state index contributed by atoms with van der Waals surface area (Å²) < 4.78 is 20.6. The van der Waals surface area contributed by atoms with Crippen LogP contribution in [0.2, 0.25) is 0 Å². The minimum Gasteiger partial charge on any atom is -0.342 e. The summed E-state index contributed by atoms with van der Waals surface area (Å²) in [5, 5.41) is 0. The first-order valence-corrected chi connectivity index (χ1v) is 17.1. The molecule has 2 rings (SSSR count). The first-order valence-electron chi connectivity index (χ1n) is 17.1. The molecule has 0 saturated carbocycles. The van der Waals surface area contributed by atoms with Crippen LogP contribution >= 0.6 is 0 Å². The zero-order chi connectivity index (χ0) is 28.4. The monoisotopic (exact) mass is 561 g/mol. The Bertz CT molecular complexity index is 737. The van der Waals surface area contributed by atoms with E-state index >= 15 is 0 Å². The number of imidazole rings is 2. The Labute approximate surface area is 247 Å². The van der Waals surface area contributed by atoms with Crippen molar-refractivity contribution in [1.29, 1.82) is 0 Å². The Hall–Kier alpha value is -1.66. The third-order valence-corrected chi connectivity index (χ3v) is 7.84. The van der Waals surface area contributed by atoms with E-state index in [0.717, 1.165) is 39.1 Å². The lowest BCUT2D eigenvalue weighted by Crippen LogP contribution is -2.33. The fourth-order valence-electron chi connectivity index (χ4n) is 5.25. The Balaban J connectivity index is 1.36. The topological polar surface area (TPSA) is 36.1 Å². The highest BCUT2D eigenvalue weighted by atomic mass is 16.5. The first kappa shape index (κ1) is 34.5. The van der Waals surface area contributed by atoms with Crippen molar-refractivity contribution in [3.05, 3.63) is 37.4 Å². The van der Waals surface area contributed by atoms with Gasteiger partial charge in [0.1, 0.15) is 24.8 Å². The fourth-order valence-corrected chi connectivity index (χ4v) is 5.25. The molecule has 0 bridgehead atoms. The number of nitrogens with zero attached hydrogens (tertiary/aromatic N) is 4. The zero-order valence-corrected chi connectivity index (χ0v) is 26.5. The van der Waals surface area contributed by atoms with Gasteiger partial charge in [0.2, 0.25) is 12.7 Å². The molecule has 0 aliphatic rings. The van der Waals surface area contributed by atoms with Crippen molar-refractivity contribution in [3.63, 3.8) is 0 Å². The van der Waals surface area contributed by atoms with Crippen LogP contribution in [0.15, 0.2) is 37.4 Å². The van der Waals surface area contributed by atoms with Gasteiger partial charge in [-0.3, -0.25) is 0 Å². The highest BCUT2D eigenvalue weighted by molar-refractivity contribution is 4.66. The van der Waals surface area contributed by atoms with Gasteiger partial charge in [0.15, 0.2) is 13.5 Å². The number of hydrogen-bond acceptors (Lipinski definition) is 2. The molecule has 0 unspecified atom stereocenters. The molecule has 0 radical (unpaired) electrons. The molecular weight excluding hydrogens is 496 g/mol. The summed E-state index contributed by atoms with van der Waals surface area (Å²) in [5.41, 5.74) is 0. The van der Waals surface area contributed by atoms with Gasteiger partial charge in [0, 0.05) is 0 Å². The van der Waals surface area contributed by atoms with E-state index in [9.17, 15) is 0 Å². The lowest BCUT2D eigenvalue weighted by Gasteiger charge is -2.03. The van der Waals surface area contributed by atoms with Crippen molar-refractivity contribution in [3.8, 4) is 0 Å². The standard InChI is InChI=1S/C34H64N4O2/c1-3-5-7-9-11-13-15-17-19-23-35-25-27-37(31-35)33-39-29-21-22-30-40-34-38-28-26-36(32-38)24-20-18-16-14-12-10-8-6-4-2/h25-28,31-32H,3-24,29-30,33-34H2,1-2H3/q+2. The van der Waals surface area contributed by atoms with Crippen molar-refractivity contribution in [2.24, 2.45) is 0 Å². The molecule has 6 nitrogen and oxygen atoms in total. The maximum absolute atomic E-state index is 5.87. The molecule has 0 amide bonds. The SMILES string of the molecule is CCCCCCCCCCCn1cc[n+](COCCCCOC[n+]2ccn(CCCCCCCCCCC)c2)c1. The van der Waals surface area contributed by atoms with E-state index in [1.54, 1.807) is 0 Å². The van der Waals surface area contributed by atoms with Gasteiger partial charge >= 0.3 is 0 Å². The Morgan fingerprint density at radius 3 is 1.18 bits per heavy atom. The van der Waals surface area contributed by atoms with Crippen molar-refractivity contribution < 1.29 is 18.6 Å². The third kappa shape index (κ3) is 18.6. The summed E-state index contributed by atoms with van der Waals surface area (Å²) in [6, 6.07) is 0. The maximum atomic E-state index is 5.87. The molecule has 0 aromatic carbocycles. The largest absolute Gasteiger partial charge is 0.342 e. The fraction of sp³-hybridized carbons (Fsp3) is 0.824. The molecule has 0 spiro atoms. The zero-order valence-electron chi connectivity index (χ0n) is 26.5. The number of aromatic nitrogens is 4. The van der Waals surface area contributed by atoms with E-state index in [-0.39, 0.29) is 0 Å². The van der Waals surface area contributed by atoms with Gasteiger partial charge in [-0.2, -0.15) is 0 Å². The Kier molecular flexibility index (Phi) is 21.7. The van der Waals surface area contributed by atoms with Crippen LogP contribution in [0.5, 0.6) is 0 Å². The molecule has 0 aliphatic heterocycles. The second-order valence-corrected chi connectivity index (χ2v) is 11.8. The smallest absolute Gasteiger partial charge is 0.245 e. The highest BCUT2D eigenvalue weighted by Gasteiger charge is 2.05. The van der Waals surface area contributed by atoms with Gasteiger partial charge < -0.3 is 9.47 Å². The predicted octanol–water partition coefficient (Wildman–Crippen LogP) is 8.35. The molecular formula is C34H64N4O2+2. The molecule has 0 aliphatic carbocycles. The molecule has 0 atom stereocenters. The van der Waals surface area contributed by atoms with Crippen LogP contribution in [0.4, 0.5) is 0 Å². The number of unbranched alkanes of at least 4 members (excludes halogenated alkanes) is 17. The van der Waals surface area contributed by atoms with Crippen LogP contribution in [-0.4, -0.2) is 22.3 Å². The van der Waals surface area contributed by atoms with E-state index in [2.05, 4.69) is 69.6 Å². The predicted molar refractivity (Wildman–Crippen MR) is 165 cm³/mol. The van der Waals surface area contributed by atoms with Crippen LogP contribution in [0, 0.1) is 0 Å². The molecule has 40 heavy (non-hydrogen) atoms. The highest BCUT2D eigenvalue weighted by Crippen LogP contribution is 2.11. The summed E-state index contributed by atoms with van der Waals surface area (Å²) in [6.07, 6.45) is 39.8. The van der Waals surface area contributed by atoms with E-state index in [1.807, 2.05) is 0 Å². The molecule has 2 aromatic heterocycles. The van der Waals surface area contributed by atoms with Crippen LogP contribution < -0.4 is 9.13 Å². The Morgan fingerprint density at radius 1 is 0.450 bits per heavy atom. The normalized spacial score (nSPS) is 11.6. The summed E-state index contributed by atoms with van der Waals surface area (Å²) in [7, 11) is 0. The first-order chi connectivity index (χ1) is 19.8. The van der Waals surface area contributed by atoms with E-state index in [4.69, 9.17) is 9.47 Å². The van der Waals surface area contributed by atoms with E-state index in [1.165, 1.54) is 116 Å². The lowest BCUT2D eigenvalue weighted by atomic mass is 10.1. The van der Waals surface area contributed by atoms with Gasteiger partial charge in [-0.15, -0.1) is 0 Å². The van der Waals surface area contributed by atoms with Crippen molar-refractivity contribution in [2.45, 2.75) is 169 Å². The molecule has 0 N–H and O–H groups in total. The molecule has 230 valence electrons. The van der Waals surface area contributed by atoms with E-state index in [0.29, 0.717) is 13.5 Å². The third-order valence-electron chi connectivity index (χ3n) is 7.84. The van der Waals surface area contributed by atoms with Crippen LogP contribution in [-0.2, 0) is 36.0 Å². The minimum absolute atomic E-state index is 0.633. The van der Waals surface area contributed by atoms with E-state index < -0.39 is 0 Å². The van der Waals surface area contributed by atoms with Crippen molar-refractivity contribution in [2.75, 3.05) is 13.2 Å². The summed E-state index contributed by atoms with van der Waals surface area (Å²) in [5.74, 6) is 0. The number of ether oxygens (including phenoxy) is 2. The quantitative estimate of drug-likeness (QED) is 0.0740. The maximum Gasteiger partial charge on any atom is 0.245 e. The van der Waals surface area contributed by atoms with Crippen molar-refractivity contribution in [1.82, 2.24) is 9.13 Å². The minimum atomic E-state index is 0.633. The summed E-state index contributed by atoms with van der Waals surface area (Å²) in [4.78, 5) is 0.